The SMILES string of the molecule is CCO/C=C1\CCc2occc2C1=O. The molecule has 0 fully saturated rings. The van der Waals surface area contributed by atoms with Gasteiger partial charge in [-0.2, -0.15) is 0 Å². The van der Waals surface area contributed by atoms with Gasteiger partial charge in [-0.25, -0.2) is 0 Å². The highest BCUT2D eigenvalue weighted by Gasteiger charge is 2.24. The second-order valence-electron chi connectivity index (χ2n) is 3.19. The van der Waals surface area contributed by atoms with Crippen LogP contribution in [0.5, 0.6) is 0 Å². The summed E-state index contributed by atoms with van der Waals surface area (Å²) in [5.74, 6) is 0.831. The van der Waals surface area contributed by atoms with Crippen LogP contribution < -0.4 is 0 Å². The van der Waals surface area contributed by atoms with E-state index in [1.165, 1.54) is 0 Å². The first-order valence-corrected chi connectivity index (χ1v) is 4.74. The van der Waals surface area contributed by atoms with Gasteiger partial charge in [-0.15, -0.1) is 0 Å². The minimum Gasteiger partial charge on any atom is -0.501 e. The van der Waals surface area contributed by atoms with Crippen molar-refractivity contribution in [2.75, 3.05) is 6.61 Å². The van der Waals surface area contributed by atoms with E-state index >= 15 is 0 Å². The number of hydrogen-bond donors (Lipinski definition) is 0. The Morgan fingerprint density at radius 2 is 2.43 bits per heavy atom. The molecule has 14 heavy (non-hydrogen) atoms. The van der Waals surface area contributed by atoms with Gasteiger partial charge in [0.05, 0.1) is 24.7 Å². The highest BCUT2D eigenvalue weighted by Crippen LogP contribution is 2.25. The van der Waals surface area contributed by atoms with Gasteiger partial charge in [-0.1, -0.05) is 0 Å². The quantitative estimate of drug-likeness (QED) is 0.533. The summed E-state index contributed by atoms with van der Waals surface area (Å²) in [5, 5.41) is 0. The van der Waals surface area contributed by atoms with Crippen molar-refractivity contribution in [2.24, 2.45) is 0 Å². The number of carbonyl (C=O) groups excluding carboxylic acids is 1. The predicted molar refractivity (Wildman–Crippen MR) is 51.1 cm³/mol. The van der Waals surface area contributed by atoms with Crippen molar-refractivity contribution in [3.8, 4) is 0 Å². The summed E-state index contributed by atoms with van der Waals surface area (Å²) >= 11 is 0. The number of fused-ring (bicyclic) bond motifs is 1. The lowest BCUT2D eigenvalue weighted by atomic mass is 9.93. The number of furan rings is 1. The third-order valence-corrected chi connectivity index (χ3v) is 2.30. The van der Waals surface area contributed by atoms with Crippen molar-refractivity contribution in [2.45, 2.75) is 19.8 Å². The number of aryl methyl sites for hydroxylation is 1. The largest absolute Gasteiger partial charge is 0.501 e. The standard InChI is InChI=1S/C11H12O3/c1-2-13-7-8-3-4-10-9(11(8)12)5-6-14-10/h5-7H,2-4H2,1H3/b8-7+. The lowest BCUT2D eigenvalue weighted by Gasteiger charge is -2.11. The lowest BCUT2D eigenvalue weighted by Crippen LogP contribution is -2.12. The fourth-order valence-electron chi connectivity index (χ4n) is 1.57. The molecule has 3 nitrogen and oxygen atoms in total. The monoisotopic (exact) mass is 192 g/mol. The molecule has 3 heteroatoms. The number of Topliss-reactive ketones (excluding diaryl/α,β-unsaturated/α-hetero) is 1. The van der Waals surface area contributed by atoms with Crippen LogP contribution in [0.2, 0.25) is 0 Å². The first-order chi connectivity index (χ1) is 6.83. The van der Waals surface area contributed by atoms with E-state index in [9.17, 15) is 4.79 Å². The molecule has 1 aromatic rings. The predicted octanol–water partition coefficient (Wildman–Crippen LogP) is 2.33. The van der Waals surface area contributed by atoms with E-state index in [0.717, 1.165) is 17.8 Å². The van der Waals surface area contributed by atoms with Crippen LogP contribution in [0.1, 0.15) is 29.5 Å². The van der Waals surface area contributed by atoms with Crippen LogP contribution in [-0.2, 0) is 11.2 Å². The summed E-state index contributed by atoms with van der Waals surface area (Å²) in [7, 11) is 0. The third-order valence-electron chi connectivity index (χ3n) is 2.30. The maximum atomic E-state index is 11.8. The van der Waals surface area contributed by atoms with Gasteiger partial charge in [0, 0.05) is 12.0 Å². The maximum absolute atomic E-state index is 11.8. The Kier molecular flexibility index (Phi) is 2.39. The second kappa shape index (κ2) is 3.70. The maximum Gasteiger partial charge on any atom is 0.195 e. The molecule has 0 saturated carbocycles. The zero-order valence-corrected chi connectivity index (χ0v) is 8.08. The number of rotatable bonds is 2. The van der Waals surface area contributed by atoms with E-state index < -0.39 is 0 Å². The molecule has 0 unspecified atom stereocenters. The van der Waals surface area contributed by atoms with Gasteiger partial charge in [0.25, 0.3) is 0 Å². The Morgan fingerprint density at radius 3 is 3.21 bits per heavy atom. The average Bonchev–Trinajstić information content (AvgIpc) is 2.66. The van der Waals surface area contributed by atoms with Gasteiger partial charge in [0.2, 0.25) is 0 Å². The van der Waals surface area contributed by atoms with E-state index in [1.54, 1.807) is 18.6 Å². The number of carbonyl (C=O) groups is 1. The normalized spacial score (nSPS) is 18.4. The van der Waals surface area contributed by atoms with E-state index in [4.69, 9.17) is 9.15 Å². The fraction of sp³-hybridized carbons (Fsp3) is 0.364. The highest BCUT2D eigenvalue weighted by atomic mass is 16.5. The van der Waals surface area contributed by atoms with Crippen LogP contribution in [0.4, 0.5) is 0 Å². The van der Waals surface area contributed by atoms with Crippen LogP contribution in [0, 0.1) is 0 Å². The minimum atomic E-state index is 0.0356. The van der Waals surface area contributed by atoms with Crippen LogP contribution in [0.15, 0.2) is 28.6 Å². The van der Waals surface area contributed by atoms with Crippen molar-refractivity contribution in [3.05, 3.63) is 35.5 Å². The first kappa shape index (κ1) is 9.06. The van der Waals surface area contributed by atoms with Crippen molar-refractivity contribution in [1.82, 2.24) is 0 Å². The minimum absolute atomic E-state index is 0.0356. The van der Waals surface area contributed by atoms with Crippen LogP contribution in [0.25, 0.3) is 0 Å². The summed E-state index contributed by atoms with van der Waals surface area (Å²) in [5.41, 5.74) is 1.42. The first-order valence-electron chi connectivity index (χ1n) is 4.74. The molecule has 0 saturated heterocycles. The molecule has 0 amide bonds. The molecular formula is C11H12O3. The highest BCUT2D eigenvalue weighted by molar-refractivity contribution is 6.10. The van der Waals surface area contributed by atoms with Crippen LogP contribution in [-0.4, -0.2) is 12.4 Å². The zero-order chi connectivity index (χ0) is 9.97. The molecule has 74 valence electrons. The number of ether oxygens (including phenoxy) is 1. The Labute approximate surface area is 82.4 Å². The molecule has 2 rings (SSSR count). The lowest BCUT2D eigenvalue weighted by molar-refractivity contribution is 0.101. The van der Waals surface area contributed by atoms with Crippen LogP contribution in [0.3, 0.4) is 0 Å². The molecular weight excluding hydrogens is 180 g/mol. The van der Waals surface area contributed by atoms with Gasteiger partial charge in [-0.05, 0) is 19.4 Å². The molecule has 0 aromatic carbocycles. The topological polar surface area (TPSA) is 39.4 Å². The summed E-state index contributed by atoms with van der Waals surface area (Å²) in [6.45, 7) is 2.49. The Balaban J connectivity index is 2.25. The zero-order valence-electron chi connectivity index (χ0n) is 8.08. The Hall–Kier alpha value is -1.51. The molecule has 1 heterocycles. The molecule has 0 bridgehead atoms. The van der Waals surface area contributed by atoms with Gasteiger partial charge >= 0.3 is 0 Å². The third kappa shape index (κ3) is 1.45. The Morgan fingerprint density at radius 1 is 1.57 bits per heavy atom. The summed E-state index contributed by atoms with van der Waals surface area (Å²) in [4.78, 5) is 11.8. The van der Waals surface area contributed by atoms with Gasteiger partial charge in [0.1, 0.15) is 5.76 Å². The van der Waals surface area contributed by atoms with Crippen LogP contribution >= 0.6 is 0 Å². The molecule has 0 aliphatic heterocycles. The van der Waals surface area contributed by atoms with E-state index in [-0.39, 0.29) is 5.78 Å². The van der Waals surface area contributed by atoms with Crippen molar-refractivity contribution in [1.29, 1.82) is 0 Å². The molecule has 0 atom stereocenters. The number of hydrogen-bond acceptors (Lipinski definition) is 3. The molecule has 0 N–H and O–H groups in total. The van der Waals surface area contributed by atoms with Gasteiger partial charge in [-0.3, -0.25) is 4.79 Å². The average molecular weight is 192 g/mol. The smallest absolute Gasteiger partial charge is 0.195 e. The molecule has 0 radical (unpaired) electrons. The van der Waals surface area contributed by atoms with Crippen molar-refractivity contribution in [3.63, 3.8) is 0 Å². The van der Waals surface area contributed by atoms with E-state index in [0.29, 0.717) is 18.6 Å². The number of ketones is 1. The fourth-order valence-corrected chi connectivity index (χ4v) is 1.57. The second-order valence-corrected chi connectivity index (χ2v) is 3.19. The number of allylic oxidation sites excluding steroid dienone is 1. The summed E-state index contributed by atoms with van der Waals surface area (Å²) in [6.07, 6.45) is 4.62. The van der Waals surface area contributed by atoms with E-state index in [1.807, 2.05) is 6.92 Å². The molecule has 1 aliphatic carbocycles. The molecule has 0 spiro atoms. The van der Waals surface area contributed by atoms with Gasteiger partial charge < -0.3 is 9.15 Å². The summed E-state index contributed by atoms with van der Waals surface area (Å²) in [6, 6.07) is 1.72. The van der Waals surface area contributed by atoms with Crippen molar-refractivity contribution >= 4 is 5.78 Å². The van der Waals surface area contributed by atoms with Gasteiger partial charge in [0.15, 0.2) is 5.78 Å². The summed E-state index contributed by atoms with van der Waals surface area (Å²) < 4.78 is 10.3. The Bertz CT molecular complexity index is 374. The van der Waals surface area contributed by atoms with E-state index in [2.05, 4.69) is 0 Å². The molecule has 1 aliphatic rings. The van der Waals surface area contributed by atoms with Crippen molar-refractivity contribution < 1.29 is 13.9 Å². The molecule has 1 aromatic heterocycles.